The first kappa shape index (κ1) is 20.1. The van der Waals surface area contributed by atoms with Crippen molar-refractivity contribution < 1.29 is 22.7 Å². The number of nitrogen functional groups attached to an aromatic ring is 1. The molecular weight excluding hydrogens is 423 g/mol. The van der Waals surface area contributed by atoms with Crippen LogP contribution in [0.4, 0.5) is 19.0 Å². The summed E-state index contributed by atoms with van der Waals surface area (Å²) in [7, 11) is 1.61. The van der Waals surface area contributed by atoms with Gasteiger partial charge < -0.3 is 15.4 Å². The van der Waals surface area contributed by atoms with E-state index in [2.05, 4.69) is 9.97 Å². The summed E-state index contributed by atoms with van der Waals surface area (Å²) in [5.41, 5.74) is 8.92. The number of anilines is 1. The summed E-state index contributed by atoms with van der Waals surface area (Å²) in [5.74, 6) is 0.188. The first-order valence-corrected chi connectivity index (χ1v) is 9.78. The van der Waals surface area contributed by atoms with Gasteiger partial charge in [-0.25, -0.2) is 9.97 Å². The average Bonchev–Trinajstić information content (AvgIpc) is 3.40. The number of ether oxygens (including phenoxy) is 1. The number of carbonyl (C=O) groups excluding carboxylic acids is 1. The second-order valence-corrected chi connectivity index (χ2v) is 7.80. The zero-order valence-electron chi connectivity index (χ0n) is 17.1. The fraction of sp³-hybridized carbons (Fsp3) is 0.227. The number of rotatable bonds is 2. The molecule has 0 spiro atoms. The molecule has 2 aromatic carbocycles. The van der Waals surface area contributed by atoms with Crippen molar-refractivity contribution in [3.8, 4) is 5.75 Å². The van der Waals surface area contributed by atoms with Crippen LogP contribution in [0.15, 0.2) is 42.9 Å². The van der Waals surface area contributed by atoms with Crippen molar-refractivity contribution in [1.82, 2.24) is 19.3 Å². The van der Waals surface area contributed by atoms with Gasteiger partial charge in [0.2, 0.25) is 0 Å². The number of aryl methyl sites for hydroxylation is 1. The van der Waals surface area contributed by atoms with E-state index in [4.69, 9.17) is 10.5 Å². The Morgan fingerprint density at radius 3 is 2.78 bits per heavy atom. The van der Waals surface area contributed by atoms with E-state index in [-0.39, 0.29) is 18.3 Å². The largest absolute Gasteiger partial charge is 0.491 e. The molecule has 0 unspecified atom stereocenters. The SMILES string of the molecule is Cc1cc(C(=O)N(C)[C@@H]2COc3cc(C(F)(F)F)ccc32)cc2c1nc(N)c1cncn12. The molecule has 0 bridgehead atoms. The van der Waals surface area contributed by atoms with Gasteiger partial charge in [-0.05, 0) is 36.8 Å². The highest BCUT2D eigenvalue weighted by molar-refractivity contribution is 5.99. The maximum atomic E-state index is 13.3. The van der Waals surface area contributed by atoms with Crippen LogP contribution in [0, 0.1) is 6.92 Å². The van der Waals surface area contributed by atoms with Crippen molar-refractivity contribution in [2.45, 2.75) is 19.1 Å². The van der Waals surface area contributed by atoms with Gasteiger partial charge in [-0.2, -0.15) is 13.2 Å². The maximum absolute atomic E-state index is 13.3. The highest BCUT2D eigenvalue weighted by Crippen LogP contribution is 2.40. The predicted molar refractivity (Wildman–Crippen MR) is 111 cm³/mol. The van der Waals surface area contributed by atoms with E-state index in [1.54, 1.807) is 36.1 Å². The number of likely N-dealkylation sites (N-methyl/N-ethyl adjacent to an activating group) is 1. The van der Waals surface area contributed by atoms with Crippen molar-refractivity contribution in [2.75, 3.05) is 19.4 Å². The Hall–Kier alpha value is -3.82. The van der Waals surface area contributed by atoms with Crippen molar-refractivity contribution in [1.29, 1.82) is 0 Å². The minimum Gasteiger partial charge on any atom is -0.491 e. The summed E-state index contributed by atoms with van der Waals surface area (Å²) >= 11 is 0. The molecule has 1 aliphatic heterocycles. The lowest BCUT2D eigenvalue weighted by Crippen LogP contribution is -2.32. The maximum Gasteiger partial charge on any atom is 0.416 e. The molecule has 1 aliphatic rings. The smallest absolute Gasteiger partial charge is 0.416 e. The van der Waals surface area contributed by atoms with Gasteiger partial charge in [0, 0.05) is 18.2 Å². The number of hydrogen-bond acceptors (Lipinski definition) is 5. The Bertz CT molecular complexity index is 1400. The molecular formula is C22H18F3N5O2. The van der Waals surface area contributed by atoms with Gasteiger partial charge in [0.25, 0.3) is 5.91 Å². The number of amides is 1. The van der Waals surface area contributed by atoms with Gasteiger partial charge in [0.1, 0.15) is 23.7 Å². The van der Waals surface area contributed by atoms with E-state index >= 15 is 0 Å². The van der Waals surface area contributed by atoms with Gasteiger partial charge in [-0.15, -0.1) is 0 Å². The third-order valence-corrected chi connectivity index (χ3v) is 5.80. The fourth-order valence-electron chi connectivity index (χ4n) is 4.10. The Morgan fingerprint density at radius 1 is 1.25 bits per heavy atom. The van der Waals surface area contributed by atoms with Crippen LogP contribution in [-0.4, -0.2) is 38.8 Å². The Kier molecular flexibility index (Phi) is 4.30. The Balaban J connectivity index is 1.52. The van der Waals surface area contributed by atoms with Crippen molar-refractivity contribution in [2.24, 2.45) is 0 Å². The molecule has 2 N–H and O–H groups in total. The highest BCUT2D eigenvalue weighted by Gasteiger charge is 2.36. The normalized spacial score (nSPS) is 15.7. The monoisotopic (exact) mass is 441 g/mol. The molecule has 0 fully saturated rings. The minimum absolute atomic E-state index is 0.0787. The molecule has 2 aromatic heterocycles. The topological polar surface area (TPSA) is 85.8 Å². The minimum atomic E-state index is -4.46. The lowest BCUT2D eigenvalue weighted by atomic mass is 10.0. The van der Waals surface area contributed by atoms with Crippen LogP contribution in [0.2, 0.25) is 0 Å². The summed E-state index contributed by atoms with van der Waals surface area (Å²) in [4.78, 5) is 23.4. The predicted octanol–water partition coefficient (Wildman–Crippen LogP) is 4.00. The standard InChI is InChI=1S/C22H18F3N5O2/c1-11-5-12(6-15-19(11)28-20(26)16-8-27-10-30(15)16)21(31)29(2)17-9-32-18-7-13(22(23,24)25)3-4-14(17)18/h3-8,10,17H,9H2,1-2H3,(H2,26,28)/t17-/m1/s1. The molecule has 0 saturated heterocycles. The van der Waals surface area contributed by atoms with Gasteiger partial charge in [-0.3, -0.25) is 9.20 Å². The number of imidazole rings is 1. The lowest BCUT2D eigenvalue weighted by molar-refractivity contribution is -0.137. The van der Waals surface area contributed by atoms with Crippen LogP contribution < -0.4 is 10.5 Å². The van der Waals surface area contributed by atoms with Gasteiger partial charge in [-0.1, -0.05) is 6.07 Å². The Morgan fingerprint density at radius 2 is 2.03 bits per heavy atom. The van der Waals surface area contributed by atoms with E-state index in [9.17, 15) is 18.0 Å². The second-order valence-electron chi connectivity index (χ2n) is 7.80. The number of benzene rings is 2. The number of carbonyl (C=O) groups is 1. The van der Waals surface area contributed by atoms with Crippen LogP contribution in [-0.2, 0) is 6.18 Å². The third kappa shape index (κ3) is 3.02. The quantitative estimate of drug-likeness (QED) is 0.508. The van der Waals surface area contributed by atoms with Crippen LogP contribution in [0.25, 0.3) is 16.6 Å². The van der Waals surface area contributed by atoms with Gasteiger partial charge >= 0.3 is 6.18 Å². The molecule has 0 aliphatic carbocycles. The van der Waals surface area contributed by atoms with E-state index in [0.29, 0.717) is 33.5 Å². The fourth-order valence-corrected chi connectivity index (χ4v) is 4.10. The Labute approximate surface area is 180 Å². The molecule has 5 rings (SSSR count). The van der Waals surface area contributed by atoms with Crippen molar-refractivity contribution >= 4 is 28.3 Å². The average molecular weight is 441 g/mol. The molecule has 0 radical (unpaired) electrons. The van der Waals surface area contributed by atoms with Crippen molar-refractivity contribution in [3.63, 3.8) is 0 Å². The van der Waals surface area contributed by atoms with Crippen molar-refractivity contribution in [3.05, 3.63) is 65.1 Å². The number of halogens is 3. The number of nitrogens with zero attached hydrogens (tertiary/aromatic N) is 4. The van der Waals surface area contributed by atoms with Crippen LogP contribution >= 0.6 is 0 Å². The molecule has 4 aromatic rings. The first-order valence-electron chi connectivity index (χ1n) is 9.78. The van der Waals surface area contributed by atoms with Crippen LogP contribution in [0.3, 0.4) is 0 Å². The summed E-state index contributed by atoms with van der Waals surface area (Å²) in [5, 5.41) is 0. The summed E-state index contributed by atoms with van der Waals surface area (Å²) in [6.07, 6.45) is -1.26. The highest BCUT2D eigenvalue weighted by atomic mass is 19.4. The zero-order valence-corrected chi connectivity index (χ0v) is 17.1. The summed E-state index contributed by atoms with van der Waals surface area (Å²) in [6.45, 7) is 1.91. The third-order valence-electron chi connectivity index (χ3n) is 5.80. The molecule has 3 heterocycles. The molecule has 164 valence electrons. The zero-order chi connectivity index (χ0) is 22.8. The number of nitrogens with two attached hydrogens (primary N) is 1. The molecule has 0 saturated carbocycles. The summed E-state index contributed by atoms with van der Waals surface area (Å²) in [6, 6.07) is 6.27. The van der Waals surface area contributed by atoms with E-state index in [1.807, 2.05) is 6.92 Å². The van der Waals surface area contributed by atoms with Crippen LogP contribution in [0.1, 0.15) is 33.1 Å². The molecule has 7 nitrogen and oxygen atoms in total. The number of hydrogen-bond donors (Lipinski definition) is 1. The molecule has 10 heteroatoms. The molecule has 1 amide bonds. The lowest BCUT2D eigenvalue weighted by Gasteiger charge is -2.24. The number of fused-ring (bicyclic) bond motifs is 4. The number of aromatic nitrogens is 3. The number of alkyl halides is 3. The van der Waals surface area contributed by atoms with Gasteiger partial charge in [0.15, 0.2) is 0 Å². The summed E-state index contributed by atoms with van der Waals surface area (Å²) < 4.78 is 46.3. The first-order chi connectivity index (χ1) is 15.1. The van der Waals surface area contributed by atoms with Crippen LogP contribution in [0.5, 0.6) is 5.75 Å². The van der Waals surface area contributed by atoms with Gasteiger partial charge in [0.05, 0.1) is 35.2 Å². The van der Waals surface area contributed by atoms with E-state index in [1.165, 1.54) is 11.0 Å². The van der Waals surface area contributed by atoms with E-state index in [0.717, 1.165) is 17.7 Å². The molecule has 32 heavy (non-hydrogen) atoms. The second kappa shape index (κ2) is 6.84. The molecule has 1 atom stereocenters. The van der Waals surface area contributed by atoms with E-state index < -0.39 is 17.8 Å².